The lowest BCUT2D eigenvalue weighted by molar-refractivity contribution is 0.244. The quantitative estimate of drug-likeness (QED) is 0.556. The molecule has 0 aliphatic carbocycles. The highest BCUT2D eigenvalue weighted by molar-refractivity contribution is 9.10. The van der Waals surface area contributed by atoms with Crippen molar-refractivity contribution >= 4 is 21.6 Å². The first-order chi connectivity index (χ1) is 8.63. The maximum absolute atomic E-state index is 9.41. The van der Waals surface area contributed by atoms with E-state index in [4.69, 9.17) is 11.0 Å². The van der Waals surface area contributed by atoms with Gasteiger partial charge in [0.25, 0.3) is 0 Å². The predicted octanol–water partition coefficient (Wildman–Crippen LogP) is 2.33. The van der Waals surface area contributed by atoms with Gasteiger partial charge >= 0.3 is 0 Å². The molecule has 1 atom stereocenters. The number of benzene rings is 1. The molecule has 0 spiro atoms. The molecule has 0 radical (unpaired) electrons. The first-order valence-corrected chi connectivity index (χ1v) is 6.76. The molecule has 5 heteroatoms. The second-order valence-corrected chi connectivity index (χ2v) is 4.97. The minimum atomic E-state index is -0.166. The Morgan fingerprint density at radius 2 is 2.28 bits per heavy atom. The normalized spacial score (nSPS) is 12.1. The molecule has 98 valence electrons. The molecule has 0 bridgehead atoms. The average molecular weight is 312 g/mol. The number of aliphatic hydroxyl groups excluding tert-OH is 1. The highest BCUT2D eigenvalue weighted by Gasteiger charge is 2.13. The number of unbranched alkanes of at least 4 members (excludes halogenated alkanes) is 1. The highest BCUT2D eigenvalue weighted by Crippen LogP contribution is 2.27. The van der Waals surface area contributed by atoms with Gasteiger partial charge in [-0.15, -0.1) is 0 Å². The zero-order chi connectivity index (χ0) is 13.5. The van der Waals surface area contributed by atoms with Gasteiger partial charge in [0.1, 0.15) is 6.07 Å². The molecule has 0 aromatic heterocycles. The van der Waals surface area contributed by atoms with E-state index in [1.165, 1.54) is 0 Å². The largest absolute Gasteiger partial charge is 0.397 e. The minimum absolute atomic E-state index is 0.00899. The van der Waals surface area contributed by atoms with Crippen molar-refractivity contribution in [3.63, 3.8) is 0 Å². The summed E-state index contributed by atoms with van der Waals surface area (Å²) in [5.74, 6) is 0. The van der Waals surface area contributed by atoms with E-state index in [1.54, 1.807) is 6.07 Å². The monoisotopic (exact) mass is 311 g/mol. The summed E-state index contributed by atoms with van der Waals surface area (Å²) in [6.45, 7) is 2.94. The van der Waals surface area contributed by atoms with Crippen molar-refractivity contribution in [1.82, 2.24) is 5.32 Å². The van der Waals surface area contributed by atoms with Crippen LogP contribution in [0.3, 0.4) is 0 Å². The van der Waals surface area contributed by atoms with Gasteiger partial charge in [-0.2, -0.15) is 5.26 Å². The summed E-state index contributed by atoms with van der Waals surface area (Å²) in [6, 6.07) is 5.46. The van der Waals surface area contributed by atoms with Gasteiger partial charge in [0, 0.05) is 4.47 Å². The van der Waals surface area contributed by atoms with Crippen LogP contribution in [0.15, 0.2) is 16.6 Å². The predicted molar refractivity (Wildman–Crippen MR) is 76.0 cm³/mol. The van der Waals surface area contributed by atoms with Gasteiger partial charge < -0.3 is 16.2 Å². The van der Waals surface area contributed by atoms with Crippen molar-refractivity contribution in [1.29, 1.82) is 5.26 Å². The second kappa shape index (κ2) is 7.37. The number of rotatable bonds is 6. The summed E-state index contributed by atoms with van der Waals surface area (Å²) in [5.41, 5.74) is 7.50. The number of nitrogens with zero attached hydrogens (tertiary/aromatic N) is 1. The van der Waals surface area contributed by atoms with E-state index < -0.39 is 0 Å². The number of halogens is 1. The summed E-state index contributed by atoms with van der Waals surface area (Å²) in [7, 11) is 0. The molecule has 1 rings (SSSR count). The fourth-order valence-electron chi connectivity index (χ4n) is 1.67. The molecule has 1 aromatic carbocycles. The first-order valence-electron chi connectivity index (χ1n) is 5.97. The Balaban J connectivity index is 2.93. The third-order valence-electron chi connectivity index (χ3n) is 2.78. The molecule has 0 saturated carbocycles. The molecule has 1 aromatic rings. The van der Waals surface area contributed by atoms with E-state index in [1.807, 2.05) is 6.07 Å². The van der Waals surface area contributed by atoms with Gasteiger partial charge in [0.05, 0.1) is 23.9 Å². The summed E-state index contributed by atoms with van der Waals surface area (Å²) in [6.07, 6.45) is 2.15. The molecule has 18 heavy (non-hydrogen) atoms. The fraction of sp³-hybridized carbons (Fsp3) is 0.462. The number of nitrogens with one attached hydrogen (secondary N) is 1. The maximum atomic E-state index is 9.41. The Morgan fingerprint density at radius 1 is 1.56 bits per heavy atom. The van der Waals surface area contributed by atoms with Crippen LogP contribution in [-0.2, 0) is 0 Å². The number of nitrogens with two attached hydrogens (primary N) is 1. The summed E-state index contributed by atoms with van der Waals surface area (Å²) in [4.78, 5) is 0. The van der Waals surface area contributed by atoms with Crippen molar-refractivity contribution in [2.75, 3.05) is 18.9 Å². The number of hydrogen-bond donors (Lipinski definition) is 3. The Bertz CT molecular complexity index is 443. The Labute approximate surface area is 116 Å². The van der Waals surface area contributed by atoms with Crippen molar-refractivity contribution in [2.24, 2.45) is 0 Å². The number of anilines is 1. The highest BCUT2D eigenvalue weighted by atomic mass is 79.9. The lowest BCUT2D eigenvalue weighted by Crippen LogP contribution is -2.25. The Morgan fingerprint density at radius 3 is 2.83 bits per heavy atom. The molecule has 0 amide bonds. The van der Waals surface area contributed by atoms with Gasteiger partial charge in [0.2, 0.25) is 0 Å². The zero-order valence-electron chi connectivity index (χ0n) is 10.4. The van der Waals surface area contributed by atoms with E-state index in [-0.39, 0.29) is 12.6 Å². The molecule has 4 N–H and O–H groups in total. The van der Waals surface area contributed by atoms with Gasteiger partial charge in [0.15, 0.2) is 0 Å². The van der Waals surface area contributed by atoms with Gasteiger partial charge in [-0.1, -0.05) is 13.3 Å². The lowest BCUT2D eigenvalue weighted by Gasteiger charge is -2.18. The van der Waals surface area contributed by atoms with E-state index in [0.29, 0.717) is 15.7 Å². The van der Waals surface area contributed by atoms with Crippen molar-refractivity contribution in [2.45, 2.75) is 25.8 Å². The van der Waals surface area contributed by atoms with Crippen LogP contribution in [0.5, 0.6) is 0 Å². The molecule has 0 aliphatic rings. The molecule has 0 heterocycles. The molecule has 0 aliphatic heterocycles. The number of nitriles is 1. The SMILES string of the molecule is CCCCNC(CO)c1cc(Br)c(N)c(C#N)c1. The third kappa shape index (κ3) is 3.70. The van der Waals surface area contributed by atoms with Gasteiger partial charge in [-0.05, 0) is 46.6 Å². The van der Waals surface area contributed by atoms with Crippen LogP contribution in [0.25, 0.3) is 0 Å². The van der Waals surface area contributed by atoms with Crippen LogP contribution >= 0.6 is 15.9 Å². The van der Waals surface area contributed by atoms with E-state index in [2.05, 4.69) is 34.2 Å². The Hall–Kier alpha value is -1.09. The van der Waals surface area contributed by atoms with Crippen molar-refractivity contribution in [3.8, 4) is 6.07 Å². The zero-order valence-corrected chi connectivity index (χ0v) is 12.0. The maximum Gasteiger partial charge on any atom is 0.101 e. The van der Waals surface area contributed by atoms with Crippen molar-refractivity contribution in [3.05, 3.63) is 27.7 Å². The van der Waals surface area contributed by atoms with Crippen LogP contribution < -0.4 is 11.1 Å². The molecule has 0 fully saturated rings. The first kappa shape index (κ1) is 15.0. The second-order valence-electron chi connectivity index (χ2n) is 4.12. The summed E-state index contributed by atoms with van der Waals surface area (Å²) < 4.78 is 0.687. The standard InChI is InChI=1S/C13H18BrN3O/c1-2-3-4-17-12(8-18)9-5-10(7-15)13(16)11(14)6-9/h5-6,12,17-18H,2-4,8,16H2,1H3. The number of hydrogen-bond acceptors (Lipinski definition) is 4. The van der Waals surface area contributed by atoms with Crippen LogP contribution in [0.1, 0.15) is 36.9 Å². The topological polar surface area (TPSA) is 82.1 Å². The van der Waals surface area contributed by atoms with Crippen LogP contribution in [0.2, 0.25) is 0 Å². The molecule has 4 nitrogen and oxygen atoms in total. The molecule has 1 unspecified atom stereocenters. The van der Waals surface area contributed by atoms with Gasteiger partial charge in [-0.25, -0.2) is 0 Å². The Kier molecular flexibility index (Phi) is 6.13. The van der Waals surface area contributed by atoms with Crippen LogP contribution in [-0.4, -0.2) is 18.3 Å². The third-order valence-corrected chi connectivity index (χ3v) is 3.43. The molecule has 0 saturated heterocycles. The number of nitrogen functional groups attached to an aromatic ring is 1. The van der Waals surface area contributed by atoms with E-state index >= 15 is 0 Å². The van der Waals surface area contributed by atoms with E-state index in [9.17, 15) is 5.11 Å². The number of aliphatic hydroxyl groups is 1. The van der Waals surface area contributed by atoms with Crippen LogP contribution in [0, 0.1) is 11.3 Å². The van der Waals surface area contributed by atoms with Crippen molar-refractivity contribution < 1.29 is 5.11 Å². The average Bonchev–Trinajstić information content (AvgIpc) is 2.38. The summed E-state index contributed by atoms with van der Waals surface area (Å²) in [5, 5.41) is 21.7. The molecular weight excluding hydrogens is 294 g/mol. The fourth-order valence-corrected chi connectivity index (χ4v) is 2.15. The van der Waals surface area contributed by atoms with Crippen LogP contribution in [0.4, 0.5) is 5.69 Å². The molecular formula is C13H18BrN3O. The van der Waals surface area contributed by atoms with E-state index in [0.717, 1.165) is 24.9 Å². The summed E-state index contributed by atoms with van der Waals surface area (Å²) >= 11 is 3.33. The smallest absolute Gasteiger partial charge is 0.101 e. The lowest BCUT2D eigenvalue weighted by atomic mass is 10.0. The minimum Gasteiger partial charge on any atom is -0.397 e. The van der Waals surface area contributed by atoms with Gasteiger partial charge in [-0.3, -0.25) is 0 Å².